The molecule has 0 unspecified atom stereocenters. The molecule has 0 aliphatic heterocycles. The molecule has 5 heteroatoms. The Labute approximate surface area is 142 Å². The minimum atomic E-state index is 0.620. The molecule has 0 aliphatic rings. The molecule has 0 fully saturated rings. The zero-order chi connectivity index (χ0) is 16.4. The third-order valence-corrected chi connectivity index (χ3v) is 4.61. The van der Waals surface area contributed by atoms with Crippen LogP contribution in [0.4, 0.5) is 0 Å². The van der Waals surface area contributed by atoms with Crippen molar-refractivity contribution in [3.8, 4) is 11.5 Å². The third-order valence-electron chi connectivity index (χ3n) is 3.84. The molecule has 0 radical (unpaired) electrons. The molecule has 3 aromatic rings. The van der Waals surface area contributed by atoms with Crippen LogP contribution in [0.3, 0.4) is 0 Å². The van der Waals surface area contributed by atoms with E-state index in [1.165, 1.54) is 0 Å². The Morgan fingerprint density at radius 3 is 2.48 bits per heavy atom. The van der Waals surface area contributed by atoms with Crippen LogP contribution in [-0.2, 0) is 6.54 Å². The lowest BCUT2D eigenvalue weighted by Gasteiger charge is -2.10. The van der Waals surface area contributed by atoms with Crippen molar-refractivity contribution < 1.29 is 14.3 Å². The van der Waals surface area contributed by atoms with Gasteiger partial charge in [0.05, 0.1) is 19.7 Å². The molecule has 0 atom stereocenters. The summed E-state index contributed by atoms with van der Waals surface area (Å²) >= 11 is 3.57. The van der Waals surface area contributed by atoms with Crippen molar-refractivity contribution >= 4 is 33.1 Å². The van der Waals surface area contributed by atoms with Crippen molar-refractivity contribution in [2.75, 3.05) is 14.2 Å². The molecule has 3 rings (SSSR count). The number of carbonyl (C=O) groups is 1. The van der Waals surface area contributed by atoms with Gasteiger partial charge >= 0.3 is 0 Å². The largest absolute Gasteiger partial charge is 0.497 e. The molecule has 0 saturated carbocycles. The number of nitrogens with zero attached hydrogens (tertiary/aromatic N) is 1. The Kier molecular flexibility index (Phi) is 4.39. The Morgan fingerprint density at radius 1 is 1.09 bits per heavy atom. The second kappa shape index (κ2) is 6.46. The molecule has 0 spiro atoms. The van der Waals surface area contributed by atoms with E-state index in [4.69, 9.17) is 9.47 Å². The number of fused-ring (bicyclic) bond motifs is 1. The number of carbonyl (C=O) groups excluding carboxylic acids is 1. The van der Waals surface area contributed by atoms with Crippen LogP contribution < -0.4 is 9.47 Å². The lowest BCUT2D eigenvalue weighted by atomic mass is 10.2. The molecule has 23 heavy (non-hydrogen) atoms. The molecule has 0 aliphatic carbocycles. The number of methoxy groups -OCH3 is 2. The molecule has 2 aromatic carbocycles. The van der Waals surface area contributed by atoms with Crippen LogP contribution >= 0.6 is 15.9 Å². The Bertz CT molecular complexity index is 870. The van der Waals surface area contributed by atoms with Crippen LogP contribution in [0.5, 0.6) is 11.5 Å². The maximum atomic E-state index is 11.3. The van der Waals surface area contributed by atoms with Crippen molar-refractivity contribution in [1.82, 2.24) is 4.57 Å². The Balaban J connectivity index is 2.10. The first-order valence-electron chi connectivity index (χ1n) is 7.10. The van der Waals surface area contributed by atoms with Crippen LogP contribution in [0.2, 0.25) is 0 Å². The van der Waals surface area contributed by atoms with Crippen LogP contribution in [0, 0.1) is 0 Å². The molecule has 118 valence electrons. The van der Waals surface area contributed by atoms with E-state index >= 15 is 0 Å². The topological polar surface area (TPSA) is 40.5 Å². The summed E-state index contributed by atoms with van der Waals surface area (Å²) in [7, 11) is 3.28. The molecular formula is C18H16BrNO3. The summed E-state index contributed by atoms with van der Waals surface area (Å²) in [5.74, 6) is 1.56. The summed E-state index contributed by atoms with van der Waals surface area (Å²) in [5.41, 5.74) is 2.70. The highest BCUT2D eigenvalue weighted by molar-refractivity contribution is 9.10. The zero-order valence-corrected chi connectivity index (χ0v) is 14.5. The first-order chi connectivity index (χ1) is 11.2. The van der Waals surface area contributed by atoms with Gasteiger partial charge in [-0.15, -0.1) is 0 Å². The number of rotatable bonds is 5. The predicted octanol–water partition coefficient (Wildman–Crippen LogP) is 4.28. The fourth-order valence-corrected chi connectivity index (χ4v) is 3.01. The number of benzene rings is 2. The SMILES string of the molecule is COc1ccc(Br)c(Cn2cc(C=O)c3ccc(OC)cc32)c1. The lowest BCUT2D eigenvalue weighted by molar-refractivity contribution is 0.112. The smallest absolute Gasteiger partial charge is 0.152 e. The van der Waals surface area contributed by atoms with Gasteiger partial charge in [0, 0.05) is 34.2 Å². The van der Waals surface area contributed by atoms with Gasteiger partial charge in [-0.25, -0.2) is 0 Å². The highest BCUT2D eigenvalue weighted by Gasteiger charge is 2.11. The van der Waals surface area contributed by atoms with E-state index in [2.05, 4.69) is 15.9 Å². The average Bonchev–Trinajstić information content (AvgIpc) is 2.93. The van der Waals surface area contributed by atoms with Gasteiger partial charge in [-0.3, -0.25) is 4.79 Å². The van der Waals surface area contributed by atoms with Gasteiger partial charge < -0.3 is 14.0 Å². The molecule has 4 nitrogen and oxygen atoms in total. The normalized spacial score (nSPS) is 10.7. The number of hydrogen-bond donors (Lipinski definition) is 0. The zero-order valence-electron chi connectivity index (χ0n) is 12.9. The maximum Gasteiger partial charge on any atom is 0.152 e. The van der Waals surface area contributed by atoms with Crippen molar-refractivity contribution in [2.24, 2.45) is 0 Å². The van der Waals surface area contributed by atoms with Crippen molar-refractivity contribution in [1.29, 1.82) is 0 Å². The standard InChI is InChI=1S/C18H16BrNO3/c1-22-14-4-6-17(19)12(7-14)9-20-10-13(11-21)16-5-3-15(23-2)8-18(16)20/h3-8,10-11H,9H2,1-2H3. The quantitative estimate of drug-likeness (QED) is 0.626. The summed E-state index contributed by atoms with van der Waals surface area (Å²) in [6.07, 6.45) is 2.74. The summed E-state index contributed by atoms with van der Waals surface area (Å²) in [6.45, 7) is 0.620. The van der Waals surface area contributed by atoms with Crippen LogP contribution in [0.1, 0.15) is 15.9 Å². The molecule has 0 amide bonds. The van der Waals surface area contributed by atoms with Gasteiger partial charge in [-0.2, -0.15) is 0 Å². The van der Waals surface area contributed by atoms with Crippen LogP contribution in [0.15, 0.2) is 47.1 Å². The van der Waals surface area contributed by atoms with Crippen molar-refractivity contribution in [3.63, 3.8) is 0 Å². The van der Waals surface area contributed by atoms with Crippen molar-refractivity contribution in [2.45, 2.75) is 6.54 Å². The molecule has 0 N–H and O–H groups in total. The Hall–Kier alpha value is -2.27. The minimum Gasteiger partial charge on any atom is -0.497 e. The van der Waals surface area contributed by atoms with Gasteiger partial charge in [-0.1, -0.05) is 15.9 Å². The van der Waals surface area contributed by atoms with E-state index in [1.807, 2.05) is 47.2 Å². The number of aldehydes is 1. The highest BCUT2D eigenvalue weighted by atomic mass is 79.9. The predicted molar refractivity (Wildman–Crippen MR) is 93.7 cm³/mol. The van der Waals surface area contributed by atoms with E-state index < -0.39 is 0 Å². The molecule has 1 heterocycles. The molecule has 0 saturated heterocycles. The van der Waals surface area contributed by atoms with Gasteiger partial charge in [0.15, 0.2) is 6.29 Å². The van der Waals surface area contributed by atoms with E-state index in [0.717, 1.165) is 38.7 Å². The number of aromatic nitrogens is 1. The Morgan fingerprint density at radius 2 is 1.78 bits per heavy atom. The van der Waals surface area contributed by atoms with E-state index in [-0.39, 0.29) is 0 Å². The number of hydrogen-bond acceptors (Lipinski definition) is 3. The second-order valence-electron chi connectivity index (χ2n) is 5.17. The molecular weight excluding hydrogens is 358 g/mol. The summed E-state index contributed by atoms with van der Waals surface area (Å²) in [5, 5.41) is 0.916. The van der Waals surface area contributed by atoms with Gasteiger partial charge in [0.25, 0.3) is 0 Å². The van der Waals surface area contributed by atoms with Gasteiger partial charge in [0.1, 0.15) is 11.5 Å². The summed E-state index contributed by atoms with van der Waals surface area (Å²) in [4.78, 5) is 11.3. The first kappa shape index (κ1) is 15.6. The number of ether oxygens (including phenoxy) is 2. The lowest BCUT2D eigenvalue weighted by Crippen LogP contribution is -2.00. The van der Waals surface area contributed by atoms with Crippen LogP contribution in [-0.4, -0.2) is 25.1 Å². The van der Waals surface area contributed by atoms with Crippen LogP contribution in [0.25, 0.3) is 10.9 Å². The second-order valence-corrected chi connectivity index (χ2v) is 6.02. The average molecular weight is 374 g/mol. The van der Waals surface area contributed by atoms with Gasteiger partial charge in [0.2, 0.25) is 0 Å². The summed E-state index contributed by atoms with van der Waals surface area (Å²) < 4.78 is 13.6. The maximum absolute atomic E-state index is 11.3. The third kappa shape index (κ3) is 2.97. The number of halogens is 1. The van der Waals surface area contributed by atoms with Crippen molar-refractivity contribution in [3.05, 3.63) is 58.2 Å². The van der Waals surface area contributed by atoms with E-state index in [9.17, 15) is 4.79 Å². The molecule has 1 aromatic heterocycles. The summed E-state index contributed by atoms with van der Waals surface area (Å²) in [6, 6.07) is 11.6. The fourth-order valence-electron chi connectivity index (χ4n) is 2.63. The monoisotopic (exact) mass is 373 g/mol. The van der Waals surface area contributed by atoms with E-state index in [1.54, 1.807) is 14.2 Å². The first-order valence-corrected chi connectivity index (χ1v) is 7.90. The van der Waals surface area contributed by atoms with E-state index in [0.29, 0.717) is 12.1 Å². The fraction of sp³-hybridized carbons (Fsp3) is 0.167. The minimum absolute atomic E-state index is 0.620. The molecule has 0 bridgehead atoms. The van der Waals surface area contributed by atoms with Gasteiger partial charge in [-0.05, 0) is 35.9 Å². The highest BCUT2D eigenvalue weighted by Crippen LogP contribution is 2.28.